The molecule has 1 N–H and O–H groups in total. The molecule has 1 amide bonds. The van der Waals surface area contributed by atoms with Crippen molar-refractivity contribution in [3.8, 4) is 11.4 Å². The van der Waals surface area contributed by atoms with Crippen LogP contribution in [0.1, 0.15) is 41.6 Å². The van der Waals surface area contributed by atoms with Gasteiger partial charge in [0.2, 0.25) is 17.6 Å². The molecule has 1 aromatic heterocycles. The summed E-state index contributed by atoms with van der Waals surface area (Å²) >= 11 is 6.10. The molecule has 1 fully saturated rings. The molecule has 0 unspecified atom stereocenters. The zero-order valence-corrected chi connectivity index (χ0v) is 20.0. The monoisotopic (exact) mass is 482 g/mol. The highest BCUT2D eigenvalue weighted by Gasteiger charge is 2.26. The molecule has 0 spiro atoms. The van der Waals surface area contributed by atoms with Gasteiger partial charge in [0.1, 0.15) is 0 Å². The fraction of sp³-hybridized carbons (Fsp3) is 0.360. The summed E-state index contributed by atoms with van der Waals surface area (Å²) in [5.74, 6) is 0.449. The van der Waals surface area contributed by atoms with Gasteiger partial charge in [0.25, 0.3) is 0 Å². The minimum Gasteiger partial charge on any atom is -0.462 e. The third-order valence-corrected chi connectivity index (χ3v) is 6.23. The van der Waals surface area contributed by atoms with Gasteiger partial charge < -0.3 is 14.6 Å². The molecule has 2 aromatic carbocycles. The lowest BCUT2D eigenvalue weighted by atomic mass is 9.95. The number of likely N-dealkylation sites (tertiary alicyclic amines) is 1. The number of nitrogens with one attached hydrogen (secondary N) is 1. The minimum absolute atomic E-state index is 0.0728. The van der Waals surface area contributed by atoms with Crippen molar-refractivity contribution in [2.24, 2.45) is 5.92 Å². The fourth-order valence-corrected chi connectivity index (χ4v) is 4.20. The lowest BCUT2D eigenvalue weighted by Crippen LogP contribution is -2.37. The molecule has 0 atom stereocenters. The number of piperidine rings is 1. The number of amides is 1. The van der Waals surface area contributed by atoms with Gasteiger partial charge in [-0.25, -0.2) is 4.79 Å². The van der Waals surface area contributed by atoms with Crippen LogP contribution in [0.4, 0.5) is 5.69 Å². The summed E-state index contributed by atoms with van der Waals surface area (Å²) < 4.78 is 10.5. The number of hydrogen-bond donors (Lipinski definition) is 1. The van der Waals surface area contributed by atoms with Gasteiger partial charge in [-0.15, -0.1) is 0 Å². The van der Waals surface area contributed by atoms with Crippen LogP contribution in [0.2, 0.25) is 5.02 Å². The molecule has 8 nitrogen and oxygen atoms in total. The normalized spacial score (nSPS) is 14.7. The van der Waals surface area contributed by atoms with Gasteiger partial charge in [-0.05, 0) is 63.5 Å². The van der Waals surface area contributed by atoms with Crippen LogP contribution < -0.4 is 5.32 Å². The first kappa shape index (κ1) is 23.9. The lowest BCUT2D eigenvalue weighted by molar-refractivity contribution is -0.121. The highest BCUT2D eigenvalue weighted by Crippen LogP contribution is 2.25. The molecular formula is C25H27ClN4O4. The highest BCUT2D eigenvalue weighted by atomic mass is 35.5. The maximum Gasteiger partial charge on any atom is 0.339 e. The van der Waals surface area contributed by atoms with Gasteiger partial charge in [0, 0.05) is 17.2 Å². The Labute approximate surface area is 203 Å². The minimum atomic E-state index is -0.511. The first-order chi connectivity index (χ1) is 16.4. The number of carbonyl (C=O) groups is 2. The van der Waals surface area contributed by atoms with Gasteiger partial charge in [0.05, 0.1) is 23.7 Å². The third kappa shape index (κ3) is 5.63. The van der Waals surface area contributed by atoms with E-state index in [4.69, 9.17) is 20.9 Å². The number of carbonyl (C=O) groups excluding carboxylic acids is 2. The smallest absolute Gasteiger partial charge is 0.339 e. The van der Waals surface area contributed by atoms with Crippen LogP contribution in [0.3, 0.4) is 0 Å². The van der Waals surface area contributed by atoms with Crippen LogP contribution in [-0.4, -0.2) is 46.6 Å². The topological polar surface area (TPSA) is 97.6 Å². The number of hydrogen-bond acceptors (Lipinski definition) is 7. The Bertz CT molecular complexity index is 1170. The van der Waals surface area contributed by atoms with E-state index in [9.17, 15) is 9.59 Å². The van der Waals surface area contributed by atoms with Gasteiger partial charge in [-0.2, -0.15) is 4.98 Å². The predicted octanol–water partition coefficient (Wildman–Crippen LogP) is 4.73. The van der Waals surface area contributed by atoms with Crippen molar-refractivity contribution in [2.75, 3.05) is 25.0 Å². The second-order valence-electron chi connectivity index (χ2n) is 8.28. The average Bonchev–Trinajstić information content (AvgIpc) is 3.29. The van der Waals surface area contributed by atoms with E-state index in [2.05, 4.69) is 20.4 Å². The fourth-order valence-electron chi connectivity index (χ4n) is 4.01. The van der Waals surface area contributed by atoms with E-state index in [1.54, 1.807) is 25.1 Å². The van der Waals surface area contributed by atoms with Crippen molar-refractivity contribution in [3.05, 3.63) is 64.5 Å². The summed E-state index contributed by atoms with van der Waals surface area (Å²) in [6.45, 7) is 6.03. The van der Waals surface area contributed by atoms with E-state index in [-0.39, 0.29) is 29.0 Å². The molecule has 0 saturated carbocycles. The van der Waals surface area contributed by atoms with E-state index in [1.165, 1.54) is 0 Å². The summed E-state index contributed by atoms with van der Waals surface area (Å²) in [5.41, 5.74) is 2.81. The summed E-state index contributed by atoms with van der Waals surface area (Å²) in [5, 5.41) is 7.31. The van der Waals surface area contributed by atoms with Gasteiger partial charge in [-0.3, -0.25) is 9.69 Å². The Morgan fingerprint density at radius 2 is 1.97 bits per heavy atom. The van der Waals surface area contributed by atoms with Crippen LogP contribution in [0, 0.1) is 12.8 Å². The number of benzene rings is 2. The predicted molar refractivity (Wildman–Crippen MR) is 129 cm³/mol. The number of nitrogens with zero attached hydrogens (tertiary/aromatic N) is 3. The Balaban J connectivity index is 1.30. The van der Waals surface area contributed by atoms with Crippen molar-refractivity contribution in [1.82, 2.24) is 15.0 Å². The number of esters is 1. The Kier molecular flexibility index (Phi) is 7.59. The van der Waals surface area contributed by atoms with Crippen LogP contribution in [-0.2, 0) is 16.1 Å². The molecule has 1 saturated heterocycles. The zero-order chi connectivity index (χ0) is 24.1. The molecule has 178 valence electrons. The van der Waals surface area contributed by atoms with Gasteiger partial charge >= 0.3 is 5.97 Å². The molecular weight excluding hydrogens is 456 g/mol. The molecule has 3 aromatic rings. The van der Waals surface area contributed by atoms with Crippen molar-refractivity contribution >= 4 is 29.2 Å². The Morgan fingerprint density at radius 3 is 2.71 bits per heavy atom. The first-order valence-corrected chi connectivity index (χ1v) is 11.7. The van der Waals surface area contributed by atoms with Crippen LogP contribution in [0.15, 0.2) is 47.0 Å². The molecule has 1 aliphatic heterocycles. The molecule has 2 heterocycles. The van der Waals surface area contributed by atoms with E-state index in [0.29, 0.717) is 36.8 Å². The third-order valence-electron chi connectivity index (χ3n) is 5.90. The van der Waals surface area contributed by atoms with Crippen molar-refractivity contribution in [1.29, 1.82) is 0 Å². The number of rotatable bonds is 7. The molecule has 34 heavy (non-hydrogen) atoms. The van der Waals surface area contributed by atoms with E-state index >= 15 is 0 Å². The number of ether oxygens (including phenoxy) is 1. The number of anilines is 1. The number of aryl methyl sites for hydroxylation is 1. The standard InChI is InChI=1S/C25H27ClN4O4/c1-3-33-25(32)20-14-18(8-9-21(20)26)27-24(31)17-10-12-30(13-11-17)15-22-28-23(29-34-22)19-7-5-4-6-16(19)2/h4-9,14,17H,3,10-13,15H2,1-2H3,(H,27,31). The van der Waals surface area contributed by atoms with Crippen LogP contribution in [0.25, 0.3) is 11.4 Å². The van der Waals surface area contributed by atoms with E-state index < -0.39 is 5.97 Å². The summed E-state index contributed by atoms with van der Waals surface area (Å²) in [6, 6.07) is 12.7. The number of halogens is 1. The molecule has 0 bridgehead atoms. The second-order valence-corrected chi connectivity index (χ2v) is 8.69. The molecule has 0 radical (unpaired) electrons. The molecule has 9 heteroatoms. The lowest BCUT2D eigenvalue weighted by Gasteiger charge is -2.30. The van der Waals surface area contributed by atoms with Crippen molar-refractivity contribution in [2.45, 2.75) is 33.2 Å². The van der Waals surface area contributed by atoms with E-state index in [0.717, 1.165) is 24.2 Å². The van der Waals surface area contributed by atoms with Crippen LogP contribution >= 0.6 is 11.6 Å². The quantitative estimate of drug-likeness (QED) is 0.486. The van der Waals surface area contributed by atoms with E-state index in [1.807, 2.05) is 31.2 Å². The zero-order valence-electron chi connectivity index (χ0n) is 19.2. The van der Waals surface area contributed by atoms with Gasteiger partial charge in [0.15, 0.2) is 0 Å². The number of aromatic nitrogens is 2. The van der Waals surface area contributed by atoms with Gasteiger partial charge in [-0.1, -0.05) is 41.0 Å². The largest absolute Gasteiger partial charge is 0.462 e. The second kappa shape index (κ2) is 10.8. The SMILES string of the molecule is CCOC(=O)c1cc(NC(=O)C2CCN(Cc3nc(-c4ccccc4C)no3)CC2)ccc1Cl. The van der Waals surface area contributed by atoms with Crippen molar-refractivity contribution < 1.29 is 18.8 Å². The summed E-state index contributed by atoms with van der Waals surface area (Å²) in [7, 11) is 0. The van der Waals surface area contributed by atoms with Crippen LogP contribution in [0.5, 0.6) is 0 Å². The highest BCUT2D eigenvalue weighted by molar-refractivity contribution is 6.33. The van der Waals surface area contributed by atoms with Crippen molar-refractivity contribution in [3.63, 3.8) is 0 Å². The maximum absolute atomic E-state index is 12.8. The molecule has 1 aliphatic rings. The maximum atomic E-state index is 12.8. The summed E-state index contributed by atoms with van der Waals surface area (Å²) in [4.78, 5) is 31.6. The first-order valence-electron chi connectivity index (χ1n) is 11.3. The average molecular weight is 483 g/mol. The Hall–Kier alpha value is -3.23. The Morgan fingerprint density at radius 1 is 1.21 bits per heavy atom. The molecule has 4 rings (SSSR count). The summed E-state index contributed by atoms with van der Waals surface area (Å²) in [6.07, 6.45) is 1.42. The molecule has 0 aliphatic carbocycles.